The second-order valence-corrected chi connectivity index (χ2v) is 14.2. The van der Waals surface area contributed by atoms with E-state index in [1.165, 1.54) is 33.4 Å². The molecule has 0 atom stereocenters. The molecule has 0 bridgehead atoms. The van der Waals surface area contributed by atoms with Crippen LogP contribution in [0.4, 0.5) is 0 Å². The number of hydrogen-bond donors (Lipinski definition) is 0. The van der Waals surface area contributed by atoms with Gasteiger partial charge in [-0.3, -0.25) is 14.5 Å². The van der Waals surface area contributed by atoms with Crippen molar-refractivity contribution >= 4 is 21.9 Å². The molecule has 0 spiro atoms. The van der Waals surface area contributed by atoms with Crippen molar-refractivity contribution in [1.82, 2.24) is 24.5 Å². The molecule has 6 aromatic carbocycles. The van der Waals surface area contributed by atoms with Crippen LogP contribution in [-0.4, -0.2) is 24.5 Å². The fourth-order valence-electron chi connectivity index (χ4n) is 8.82. The highest BCUT2D eigenvalue weighted by molar-refractivity contribution is 6.09. The van der Waals surface area contributed by atoms with E-state index in [2.05, 4.69) is 161 Å². The van der Waals surface area contributed by atoms with E-state index in [-0.39, 0.29) is 0 Å². The van der Waals surface area contributed by atoms with Gasteiger partial charge in [-0.15, -0.1) is 0 Å². The third kappa shape index (κ3) is 4.81. The fraction of sp³-hybridized carbons (Fsp3) is 0.0196. The Kier molecular flexibility index (Phi) is 7.32. The highest BCUT2D eigenvalue weighted by Gasteiger charge is 2.46. The molecule has 0 aliphatic heterocycles. The lowest BCUT2D eigenvalue weighted by Gasteiger charge is -2.34. The Morgan fingerprint density at radius 3 is 1.80 bits per heavy atom. The number of imidazole rings is 1. The van der Waals surface area contributed by atoms with E-state index in [9.17, 15) is 0 Å². The highest BCUT2D eigenvalue weighted by atomic mass is 15.1. The smallest absolute Gasteiger partial charge is 0.145 e. The van der Waals surface area contributed by atoms with Gasteiger partial charge in [0, 0.05) is 35.2 Å². The van der Waals surface area contributed by atoms with Crippen molar-refractivity contribution in [2.24, 2.45) is 0 Å². The maximum Gasteiger partial charge on any atom is 0.145 e. The molecule has 0 saturated heterocycles. The predicted octanol–water partition coefficient (Wildman–Crippen LogP) is 11.7. The van der Waals surface area contributed by atoms with Gasteiger partial charge >= 0.3 is 0 Å². The first-order valence-electron chi connectivity index (χ1n) is 18.9. The first-order chi connectivity index (χ1) is 27.8. The van der Waals surface area contributed by atoms with Gasteiger partial charge in [0.15, 0.2) is 0 Å². The third-order valence-corrected chi connectivity index (χ3v) is 11.2. The molecule has 262 valence electrons. The normalized spacial score (nSPS) is 12.8. The minimum atomic E-state index is -0.613. The van der Waals surface area contributed by atoms with E-state index in [4.69, 9.17) is 15.0 Å². The van der Waals surface area contributed by atoms with Crippen molar-refractivity contribution in [2.75, 3.05) is 0 Å². The maximum absolute atomic E-state index is 5.58. The van der Waals surface area contributed by atoms with Crippen LogP contribution < -0.4 is 0 Å². The van der Waals surface area contributed by atoms with Crippen LogP contribution >= 0.6 is 0 Å². The standard InChI is InChI=1S/C51H33N5/c1-4-16-37(17-5-1)51(38-18-6-2-7-19-38)43-31-34(36-15-14-29-52-33-36)25-27-40(43)41-28-26-35(32-44(41)51)50-55-47-42-22-10-11-23-45(42)54-48(46-24-12-13-30-53-46)49(47)56(50)39-20-8-3-9-21-39/h1-33H. The number of aromatic nitrogens is 5. The molecule has 0 saturated carbocycles. The van der Waals surface area contributed by atoms with Crippen LogP contribution in [0.25, 0.3) is 72.7 Å². The lowest BCUT2D eigenvalue weighted by molar-refractivity contribution is 0.769. The Morgan fingerprint density at radius 1 is 0.482 bits per heavy atom. The van der Waals surface area contributed by atoms with Crippen molar-refractivity contribution < 1.29 is 0 Å². The summed E-state index contributed by atoms with van der Waals surface area (Å²) < 4.78 is 2.27. The molecule has 56 heavy (non-hydrogen) atoms. The van der Waals surface area contributed by atoms with Crippen LogP contribution in [0, 0.1) is 0 Å². The molecule has 4 aromatic heterocycles. The SMILES string of the molecule is c1ccc(-n2c(-c3ccc4c(c3)C(c3ccccc3)(c3ccccc3)c3cc(-c5cccnc5)ccc3-4)nc3c4ccccc4nc(-c4ccccn4)c32)cc1. The minimum Gasteiger partial charge on any atom is -0.290 e. The van der Waals surface area contributed by atoms with Gasteiger partial charge in [0.25, 0.3) is 0 Å². The van der Waals surface area contributed by atoms with E-state index in [0.717, 1.165) is 61.5 Å². The summed E-state index contributed by atoms with van der Waals surface area (Å²) in [6.45, 7) is 0. The van der Waals surface area contributed by atoms with Gasteiger partial charge in [0.05, 0.1) is 16.6 Å². The molecule has 0 N–H and O–H groups in total. The van der Waals surface area contributed by atoms with Crippen LogP contribution in [0.15, 0.2) is 201 Å². The zero-order valence-electron chi connectivity index (χ0n) is 30.3. The molecule has 0 fully saturated rings. The summed E-state index contributed by atoms with van der Waals surface area (Å²) in [4.78, 5) is 20.1. The van der Waals surface area contributed by atoms with Crippen LogP contribution in [0.5, 0.6) is 0 Å². The average molecular weight is 716 g/mol. The zero-order valence-corrected chi connectivity index (χ0v) is 30.3. The molecule has 1 aliphatic rings. The molecule has 1 aliphatic carbocycles. The summed E-state index contributed by atoms with van der Waals surface area (Å²) in [5, 5.41) is 0.998. The minimum absolute atomic E-state index is 0.613. The Balaban J connectivity index is 1.25. The number of fused-ring (bicyclic) bond motifs is 6. The van der Waals surface area contributed by atoms with Crippen molar-refractivity contribution in [3.8, 4) is 50.7 Å². The molecule has 4 heterocycles. The largest absolute Gasteiger partial charge is 0.290 e. The van der Waals surface area contributed by atoms with Gasteiger partial charge in [0.2, 0.25) is 0 Å². The molecule has 0 radical (unpaired) electrons. The molecular formula is C51H33N5. The summed E-state index contributed by atoms with van der Waals surface area (Å²) >= 11 is 0. The Hall–Kier alpha value is -7.50. The topological polar surface area (TPSA) is 56.5 Å². The van der Waals surface area contributed by atoms with Gasteiger partial charge < -0.3 is 0 Å². The molecule has 0 amide bonds. The van der Waals surface area contributed by atoms with Crippen LogP contribution in [0.3, 0.4) is 0 Å². The van der Waals surface area contributed by atoms with E-state index in [1.807, 2.05) is 48.9 Å². The number of pyridine rings is 3. The van der Waals surface area contributed by atoms with Gasteiger partial charge in [-0.1, -0.05) is 133 Å². The van der Waals surface area contributed by atoms with Crippen molar-refractivity contribution in [3.63, 3.8) is 0 Å². The van der Waals surface area contributed by atoms with Gasteiger partial charge in [-0.25, -0.2) is 9.97 Å². The van der Waals surface area contributed by atoms with E-state index >= 15 is 0 Å². The number of para-hydroxylation sites is 2. The summed E-state index contributed by atoms with van der Waals surface area (Å²) in [5.74, 6) is 0.839. The quantitative estimate of drug-likeness (QED) is 0.172. The summed E-state index contributed by atoms with van der Waals surface area (Å²) in [5.41, 5.74) is 15.2. The van der Waals surface area contributed by atoms with E-state index in [0.29, 0.717) is 0 Å². The van der Waals surface area contributed by atoms with Gasteiger partial charge in [-0.05, 0) is 93.0 Å². The summed E-state index contributed by atoms with van der Waals surface area (Å²) in [6, 6.07) is 64.6. The summed E-state index contributed by atoms with van der Waals surface area (Å²) in [7, 11) is 0. The van der Waals surface area contributed by atoms with Crippen molar-refractivity contribution in [1.29, 1.82) is 0 Å². The van der Waals surface area contributed by atoms with E-state index < -0.39 is 5.41 Å². The Morgan fingerprint density at radius 2 is 1.12 bits per heavy atom. The second kappa shape index (κ2) is 12.8. The van der Waals surface area contributed by atoms with E-state index in [1.54, 1.807) is 0 Å². The van der Waals surface area contributed by atoms with Crippen molar-refractivity contribution in [3.05, 3.63) is 223 Å². The third-order valence-electron chi connectivity index (χ3n) is 11.2. The number of nitrogens with zero attached hydrogens (tertiary/aromatic N) is 5. The first-order valence-corrected chi connectivity index (χ1v) is 18.9. The van der Waals surface area contributed by atoms with Crippen LogP contribution in [0.2, 0.25) is 0 Å². The Labute approximate surface area is 324 Å². The number of rotatable bonds is 6. The zero-order chi connectivity index (χ0) is 37.1. The summed E-state index contributed by atoms with van der Waals surface area (Å²) in [6.07, 6.45) is 5.60. The van der Waals surface area contributed by atoms with Crippen molar-refractivity contribution in [2.45, 2.75) is 5.41 Å². The Bertz CT molecular complexity index is 3010. The lowest BCUT2D eigenvalue weighted by Crippen LogP contribution is -2.28. The average Bonchev–Trinajstić information content (AvgIpc) is 3.82. The predicted molar refractivity (Wildman–Crippen MR) is 226 cm³/mol. The van der Waals surface area contributed by atoms with Gasteiger partial charge in [0.1, 0.15) is 22.6 Å². The lowest BCUT2D eigenvalue weighted by atomic mass is 9.67. The monoisotopic (exact) mass is 715 g/mol. The molecule has 11 rings (SSSR count). The molecule has 5 nitrogen and oxygen atoms in total. The first kappa shape index (κ1) is 32.0. The second-order valence-electron chi connectivity index (χ2n) is 14.2. The number of hydrogen-bond acceptors (Lipinski definition) is 4. The highest BCUT2D eigenvalue weighted by Crippen LogP contribution is 2.57. The number of benzene rings is 6. The van der Waals surface area contributed by atoms with Gasteiger partial charge in [-0.2, -0.15) is 0 Å². The molecule has 5 heteroatoms. The van der Waals surface area contributed by atoms with Crippen LogP contribution in [0.1, 0.15) is 22.3 Å². The molecular weight excluding hydrogens is 683 g/mol. The fourth-order valence-corrected chi connectivity index (χ4v) is 8.82. The molecule has 0 unspecified atom stereocenters. The maximum atomic E-state index is 5.58. The van der Waals surface area contributed by atoms with Crippen LogP contribution in [-0.2, 0) is 5.41 Å². The molecule has 10 aromatic rings.